The van der Waals surface area contributed by atoms with Gasteiger partial charge in [-0.1, -0.05) is 0 Å². The number of fused-ring (bicyclic) bond motifs is 1. The molecule has 18 atom stereocenters. The maximum absolute atomic E-state index is 10.7. The van der Waals surface area contributed by atoms with Gasteiger partial charge in [-0.25, -0.2) is 0 Å². The summed E-state index contributed by atoms with van der Waals surface area (Å²) in [5.74, 6) is -0.582. The summed E-state index contributed by atoms with van der Waals surface area (Å²) in [6.45, 7) is -0.879. The van der Waals surface area contributed by atoms with Crippen molar-refractivity contribution >= 4 is 0 Å². The minimum atomic E-state index is -1.63. The number of aliphatic hydroxyl groups is 12. The lowest BCUT2D eigenvalue weighted by molar-refractivity contribution is -0.360. The van der Waals surface area contributed by atoms with Crippen molar-refractivity contribution < 1.29 is 74.7 Å². The van der Waals surface area contributed by atoms with Crippen LogP contribution in [0.1, 0.15) is 38.5 Å². The molecule has 3 aliphatic heterocycles. The fraction of sp³-hybridized carbons (Fsp3) is 1.00. The first-order chi connectivity index (χ1) is 19.5. The van der Waals surface area contributed by atoms with Crippen LogP contribution in [0.4, 0.5) is 0 Å². The summed E-state index contributed by atoms with van der Waals surface area (Å²) in [5.41, 5.74) is 0. The minimum Gasteiger partial charge on any atom is -0.427 e. The fourth-order valence-electron chi connectivity index (χ4n) is 7.06. The monoisotopic (exact) mass is 597 g/mol. The second kappa shape index (κ2) is 13.2. The first-order valence-corrected chi connectivity index (χ1v) is 14.5. The van der Waals surface area contributed by atoms with Gasteiger partial charge in [0, 0.05) is 18.8 Å². The molecule has 238 valence electrons. The van der Waals surface area contributed by atoms with Crippen LogP contribution in [0.3, 0.4) is 0 Å². The second-order valence-electron chi connectivity index (χ2n) is 12.2. The van der Waals surface area contributed by atoms with Gasteiger partial charge in [0.15, 0.2) is 24.8 Å². The Morgan fingerprint density at radius 2 is 1.37 bits per heavy atom. The molecule has 5 rings (SSSR count). The van der Waals surface area contributed by atoms with E-state index in [9.17, 15) is 51.1 Å². The average molecular weight is 598 g/mol. The van der Waals surface area contributed by atoms with Crippen molar-refractivity contribution in [3.63, 3.8) is 0 Å². The summed E-state index contributed by atoms with van der Waals surface area (Å²) in [6, 6.07) is 0. The van der Waals surface area contributed by atoms with Crippen LogP contribution in [-0.2, 0) is 18.9 Å². The third kappa shape index (κ3) is 6.60. The summed E-state index contributed by atoms with van der Waals surface area (Å²) >= 11 is 0. The van der Waals surface area contributed by atoms with Crippen molar-refractivity contribution in [3.05, 3.63) is 0 Å². The Morgan fingerprint density at radius 1 is 0.659 bits per heavy atom. The highest BCUT2D eigenvalue weighted by Gasteiger charge is 2.56. The normalized spacial score (nSPS) is 54.9. The molecule has 41 heavy (non-hydrogen) atoms. The van der Waals surface area contributed by atoms with E-state index < -0.39 is 105 Å². The van der Waals surface area contributed by atoms with Crippen molar-refractivity contribution in [1.82, 2.24) is 0 Å². The molecule has 5 aliphatic rings. The van der Waals surface area contributed by atoms with Crippen LogP contribution in [0.2, 0.25) is 0 Å². The van der Waals surface area contributed by atoms with Gasteiger partial charge in [0.05, 0.1) is 43.5 Å². The zero-order chi connectivity index (χ0) is 29.6. The largest absolute Gasteiger partial charge is 0.427 e. The van der Waals surface area contributed by atoms with Gasteiger partial charge in [-0.2, -0.15) is 0 Å². The molecule has 2 saturated carbocycles. The van der Waals surface area contributed by atoms with E-state index in [0.717, 1.165) is 0 Å². The number of hydrogen-bond acceptors (Lipinski definition) is 14. The number of aliphatic hydroxyl groups excluding tert-OH is 10. The standard InChI is InChI=1S/C26H44O15/c27-7-18-20(33)21(34)23(36)26(41-18)39-16-5-10(28)4-15-11(16)6-17(40-25-22(35)19(32)14(31)8-37-25)24(38-15)9-1-2-12(29)13(30)3-9/h9-36H,1-8H2/p+1/t9?,10?,11?,12?,13?,14-,15?,16?,17?,18-,19+,20-,21+,22-,23-,24?,25+,26-/m1/s1. The van der Waals surface area contributed by atoms with Crippen LogP contribution < -0.4 is 0 Å². The summed E-state index contributed by atoms with van der Waals surface area (Å²) in [7, 11) is 0. The van der Waals surface area contributed by atoms with E-state index in [4.69, 9.17) is 23.7 Å². The average Bonchev–Trinajstić information content (AvgIpc) is 2.95. The fourth-order valence-corrected chi connectivity index (χ4v) is 7.06. The zero-order valence-corrected chi connectivity index (χ0v) is 22.6. The van der Waals surface area contributed by atoms with Crippen molar-refractivity contribution in [2.24, 2.45) is 11.8 Å². The van der Waals surface area contributed by atoms with Crippen molar-refractivity contribution in [3.8, 4) is 0 Å². The Kier molecular flexibility index (Phi) is 10.2. The molecule has 11 N–H and O–H groups in total. The quantitative estimate of drug-likeness (QED) is 0.129. The molecule has 0 aromatic carbocycles. The molecule has 0 aromatic heterocycles. The lowest BCUT2D eigenvalue weighted by atomic mass is 9.72. The van der Waals surface area contributed by atoms with Crippen molar-refractivity contribution in [2.45, 2.75) is 137 Å². The molecule has 0 aromatic rings. The van der Waals surface area contributed by atoms with Crippen LogP contribution in [0, 0.1) is 11.8 Å². The number of ether oxygens (including phenoxy) is 5. The highest BCUT2D eigenvalue weighted by molar-refractivity contribution is 4.99. The Hall–Kier alpha value is -0.600. The summed E-state index contributed by atoms with van der Waals surface area (Å²) in [6.07, 6.45) is -16.1. The van der Waals surface area contributed by atoms with E-state index in [1.165, 1.54) is 0 Å². The number of rotatable bonds is 6. The van der Waals surface area contributed by atoms with Gasteiger partial charge < -0.3 is 74.7 Å². The molecule has 3 heterocycles. The number of hydrogen-bond donors (Lipinski definition) is 10. The zero-order valence-electron chi connectivity index (χ0n) is 22.6. The van der Waals surface area contributed by atoms with Crippen LogP contribution in [0.25, 0.3) is 0 Å². The SMILES string of the molecule is OC[C@H]1O[C@@H](OC2CC(O)CC3[OH+]C(C4CCC(O)C(O)C4)C(O[C@@H]4OC[C@@H](O)[C@H](O)[C@H]4O)CC23)[C@H](O)[C@@H](O)[C@@H]1O. The first kappa shape index (κ1) is 31.8. The third-order valence-corrected chi connectivity index (χ3v) is 9.46. The molecule has 15 heteroatoms. The highest BCUT2D eigenvalue weighted by atomic mass is 16.7. The van der Waals surface area contributed by atoms with E-state index in [2.05, 4.69) is 0 Å². The molecule has 0 radical (unpaired) electrons. The van der Waals surface area contributed by atoms with Crippen LogP contribution in [0.5, 0.6) is 0 Å². The summed E-state index contributed by atoms with van der Waals surface area (Å²) < 4.78 is 28.3. The van der Waals surface area contributed by atoms with Gasteiger partial charge in [-0.05, 0) is 25.7 Å². The molecule has 3 saturated heterocycles. The maximum atomic E-state index is 10.7. The predicted molar refractivity (Wildman–Crippen MR) is 134 cm³/mol. The Morgan fingerprint density at radius 3 is 2.07 bits per heavy atom. The topological polar surface area (TPSA) is 252 Å². The first-order valence-electron chi connectivity index (χ1n) is 14.5. The van der Waals surface area contributed by atoms with Gasteiger partial charge in [-0.15, -0.1) is 0 Å². The lowest BCUT2D eigenvalue weighted by Gasteiger charge is -2.49. The van der Waals surface area contributed by atoms with Gasteiger partial charge >= 0.3 is 0 Å². The molecule has 2 aliphatic carbocycles. The molecule has 0 spiro atoms. The molecular formula is C26H45O15+. The molecule has 0 bridgehead atoms. The van der Waals surface area contributed by atoms with Gasteiger partial charge in [0.1, 0.15) is 48.8 Å². The molecule has 9 unspecified atom stereocenters. The molecule has 5 fully saturated rings. The third-order valence-electron chi connectivity index (χ3n) is 9.46. The predicted octanol–water partition coefficient (Wildman–Crippen LogP) is -5.04. The van der Waals surface area contributed by atoms with E-state index in [-0.39, 0.29) is 37.7 Å². The van der Waals surface area contributed by atoms with Crippen molar-refractivity contribution in [1.29, 1.82) is 0 Å². The summed E-state index contributed by atoms with van der Waals surface area (Å²) in [4.78, 5) is 0. The van der Waals surface area contributed by atoms with Crippen LogP contribution in [0.15, 0.2) is 0 Å². The van der Waals surface area contributed by atoms with Gasteiger partial charge in [0.2, 0.25) is 0 Å². The van der Waals surface area contributed by atoms with E-state index in [0.29, 0.717) is 19.3 Å². The molecular weight excluding hydrogens is 552 g/mol. The van der Waals surface area contributed by atoms with Gasteiger partial charge in [0.25, 0.3) is 0 Å². The Labute approximate surface area is 236 Å². The van der Waals surface area contributed by atoms with E-state index >= 15 is 0 Å². The smallest absolute Gasteiger partial charge is 0.186 e. The second-order valence-corrected chi connectivity index (χ2v) is 12.2. The Bertz CT molecular complexity index is 850. The summed E-state index contributed by atoms with van der Waals surface area (Å²) in [5, 5.41) is 102. The van der Waals surface area contributed by atoms with E-state index in [1.807, 2.05) is 0 Å². The molecule has 0 amide bonds. The Balaban J connectivity index is 1.36. The van der Waals surface area contributed by atoms with Crippen LogP contribution in [-0.4, -0.2) is 167 Å². The van der Waals surface area contributed by atoms with Crippen LogP contribution >= 0.6 is 0 Å². The maximum Gasteiger partial charge on any atom is 0.186 e. The highest BCUT2D eigenvalue weighted by Crippen LogP contribution is 2.43. The van der Waals surface area contributed by atoms with Gasteiger partial charge in [-0.3, -0.25) is 0 Å². The van der Waals surface area contributed by atoms with E-state index in [1.54, 1.807) is 0 Å². The van der Waals surface area contributed by atoms with Crippen molar-refractivity contribution in [2.75, 3.05) is 13.2 Å². The minimum absolute atomic E-state index is 0.144. The lowest BCUT2D eigenvalue weighted by Crippen LogP contribution is -2.63. The molecule has 15 nitrogen and oxygen atoms in total.